The smallest absolute Gasteiger partial charge is 0.217 e. The van der Waals surface area contributed by atoms with Crippen LogP contribution in [0.2, 0.25) is 0 Å². The maximum absolute atomic E-state index is 5.00. The van der Waals surface area contributed by atoms with E-state index in [1.165, 1.54) is 37.8 Å². The van der Waals surface area contributed by atoms with E-state index < -0.39 is 8.07 Å². The molecule has 0 aliphatic rings. The third-order valence-electron chi connectivity index (χ3n) is 8.47. The second-order valence-corrected chi connectivity index (χ2v) is 15.5. The Morgan fingerprint density at radius 2 is 1.09 bits per heavy atom. The molecule has 0 saturated carbocycles. The van der Waals surface area contributed by atoms with Gasteiger partial charge in [0, 0.05) is 30.1 Å². The molecule has 6 aromatic rings. The number of hydrogen-bond donors (Lipinski definition) is 2. The Morgan fingerprint density at radius 1 is 0.605 bits per heavy atom. The minimum atomic E-state index is -2.61. The summed E-state index contributed by atoms with van der Waals surface area (Å²) in [5, 5.41) is 4.14. The highest BCUT2D eigenvalue weighted by Gasteiger charge is 2.41. The summed E-state index contributed by atoms with van der Waals surface area (Å²) in [5.74, 6) is 1.61. The van der Waals surface area contributed by atoms with Gasteiger partial charge in [0.1, 0.15) is 0 Å². The van der Waals surface area contributed by atoms with E-state index in [-0.39, 0.29) is 5.82 Å². The second kappa shape index (κ2) is 13.7. The fourth-order valence-electron chi connectivity index (χ4n) is 6.28. The van der Waals surface area contributed by atoms with Gasteiger partial charge >= 0.3 is 0 Å². The molecule has 212 valence electrons. The van der Waals surface area contributed by atoms with Gasteiger partial charge in [-0.05, 0) is 43.6 Å². The Balaban J connectivity index is 1.52. The van der Waals surface area contributed by atoms with Crippen molar-refractivity contribution >= 4 is 61.9 Å². The molecule has 1 aromatic heterocycles. The SMILES string of the molecule is SCc1cccc([Si](Cn2ccnc2BC(c2ccccc2)c2ccccc2)(c2ccccc2)c2cccc(CS)c2)c1. The number of hydrogen-bond acceptors (Lipinski definition) is 3. The number of benzene rings is 5. The van der Waals surface area contributed by atoms with Gasteiger partial charge in [0.2, 0.25) is 7.28 Å². The molecule has 0 N–H and O–H groups in total. The van der Waals surface area contributed by atoms with E-state index >= 15 is 0 Å². The number of imidazole rings is 1. The molecule has 0 aliphatic carbocycles. The summed E-state index contributed by atoms with van der Waals surface area (Å²) in [7, 11) is -1.80. The van der Waals surface area contributed by atoms with Crippen LogP contribution in [0.5, 0.6) is 0 Å². The molecule has 1 heterocycles. The van der Waals surface area contributed by atoms with Crippen molar-refractivity contribution in [3.05, 3.63) is 174 Å². The van der Waals surface area contributed by atoms with Crippen LogP contribution in [0.15, 0.2) is 152 Å². The normalized spacial score (nSPS) is 11.5. The van der Waals surface area contributed by atoms with Gasteiger partial charge in [0.15, 0.2) is 8.07 Å². The molecule has 0 radical (unpaired) electrons. The maximum atomic E-state index is 5.00. The van der Waals surface area contributed by atoms with Crippen molar-refractivity contribution in [2.75, 3.05) is 0 Å². The van der Waals surface area contributed by atoms with Crippen LogP contribution in [-0.2, 0) is 17.7 Å². The second-order valence-electron chi connectivity index (χ2n) is 11.0. The lowest BCUT2D eigenvalue weighted by atomic mass is 9.58. The molecule has 0 aliphatic heterocycles. The van der Waals surface area contributed by atoms with Crippen LogP contribution >= 0.6 is 25.3 Å². The summed E-state index contributed by atoms with van der Waals surface area (Å²) in [6, 6.07) is 50.9. The number of aromatic nitrogens is 2. The highest BCUT2D eigenvalue weighted by molar-refractivity contribution is 7.79. The Labute approximate surface area is 267 Å². The molecule has 6 rings (SSSR count). The van der Waals surface area contributed by atoms with Crippen molar-refractivity contribution in [3.63, 3.8) is 0 Å². The Morgan fingerprint density at radius 3 is 1.60 bits per heavy atom. The van der Waals surface area contributed by atoms with Crippen LogP contribution < -0.4 is 21.3 Å². The van der Waals surface area contributed by atoms with Crippen LogP contribution in [-0.4, -0.2) is 24.9 Å². The first-order chi connectivity index (χ1) is 21.2. The zero-order chi connectivity index (χ0) is 29.5. The van der Waals surface area contributed by atoms with Crippen LogP contribution in [0.4, 0.5) is 0 Å². The molecular formula is C37H35BN2S2Si. The summed E-state index contributed by atoms with van der Waals surface area (Å²) >= 11 is 9.32. The fraction of sp³-hybridized carbons (Fsp3) is 0.108. The van der Waals surface area contributed by atoms with Crippen molar-refractivity contribution in [3.8, 4) is 0 Å². The lowest BCUT2D eigenvalue weighted by Crippen LogP contribution is -2.70. The van der Waals surface area contributed by atoms with Gasteiger partial charge in [-0.15, -0.1) is 0 Å². The van der Waals surface area contributed by atoms with E-state index in [9.17, 15) is 0 Å². The van der Waals surface area contributed by atoms with E-state index in [0.29, 0.717) is 11.5 Å². The Bertz CT molecular complexity index is 1670. The summed E-state index contributed by atoms with van der Waals surface area (Å²) in [5.41, 5.74) is 6.17. The van der Waals surface area contributed by atoms with Gasteiger partial charge in [0.25, 0.3) is 0 Å². The van der Waals surface area contributed by atoms with Crippen LogP contribution in [0.1, 0.15) is 28.1 Å². The first-order valence-corrected chi connectivity index (χ1v) is 18.2. The molecule has 0 amide bonds. The largest absolute Gasteiger partial charge is 0.345 e. The van der Waals surface area contributed by atoms with Crippen molar-refractivity contribution in [1.82, 2.24) is 9.55 Å². The minimum Gasteiger partial charge on any atom is -0.345 e. The summed E-state index contributed by atoms with van der Waals surface area (Å²) in [4.78, 5) is 5.00. The van der Waals surface area contributed by atoms with Crippen LogP contribution in [0, 0.1) is 0 Å². The third-order valence-corrected chi connectivity index (χ3v) is 13.9. The summed E-state index contributed by atoms with van der Waals surface area (Å²) in [6.45, 7) is 0. The van der Waals surface area contributed by atoms with Gasteiger partial charge in [-0.3, -0.25) is 4.98 Å². The fourth-order valence-corrected chi connectivity index (χ4v) is 11.4. The van der Waals surface area contributed by atoms with Crippen molar-refractivity contribution in [2.24, 2.45) is 0 Å². The maximum Gasteiger partial charge on any atom is 0.217 e. The Hall–Kier alpha value is -3.71. The molecule has 6 heteroatoms. The molecule has 2 nitrogen and oxygen atoms in total. The van der Waals surface area contributed by atoms with E-state index in [1.54, 1.807) is 0 Å². The molecule has 0 unspecified atom stereocenters. The molecule has 43 heavy (non-hydrogen) atoms. The van der Waals surface area contributed by atoms with Gasteiger partial charge in [-0.2, -0.15) is 25.3 Å². The van der Waals surface area contributed by atoms with Gasteiger partial charge in [0.05, 0.1) is 5.72 Å². The zero-order valence-corrected chi connectivity index (χ0v) is 26.9. The molecular weight excluding hydrogens is 575 g/mol. The minimum absolute atomic E-state index is 0.205. The van der Waals surface area contributed by atoms with Gasteiger partial charge in [-0.1, -0.05) is 140 Å². The highest BCUT2D eigenvalue weighted by atomic mass is 32.1. The highest BCUT2D eigenvalue weighted by Crippen LogP contribution is 2.23. The van der Waals surface area contributed by atoms with Crippen LogP contribution in [0.25, 0.3) is 0 Å². The van der Waals surface area contributed by atoms with Crippen molar-refractivity contribution in [2.45, 2.75) is 23.5 Å². The predicted molar refractivity (Wildman–Crippen MR) is 193 cm³/mol. The number of thiol groups is 2. The summed E-state index contributed by atoms with van der Waals surface area (Å²) in [6.07, 6.45) is 4.99. The van der Waals surface area contributed by atoms with E-state index in [2.05, 4.69) is 176 Å². The van der Waals surface area contributed by atoms with E-state index in [4.69, 9.17) is 4.98 Å². The first kappa shape index (κ1) is 29.4. The van der Waals surface area contributed by atoms with Crippen molar-refractivity contribution in [1.29, 1.82) is 0 Å². The lowest BCUT2D eigenvalue weighted by Gasteiger charge is -2.35. The van der Waals surface area contributed by atoms with Crippen molar-refractivity contribution < 1.29 is 0 Å². The monoisotopic (exact) mass is 610 g/mol. The quantitative estimate of drug-likeness (QED) is 0.116. The topological polar surface area (TPSA) is 17.8 Å². The van der Waals surface area contributed by atoms with Gasteiger partial charge in [-0.25, -0.2) is 0 Å². The molecule has 5 aromatic carbocycles. The Kier molecular flexibility index (Phi) is 9.37. The average Bonchev–Trinajstić information content (AvgIpc) is 3.53. The summed E-state index contributed by atoms with van der Waals surface area (Å²) < 4.78 is 2.43. The molecule has 0 atom stereocenters. The van der Waals surface area contributed by atoms with Crippen LogP contribution in [0.3, 0.4) is 0 Å². The molecule has 0 fully saturated rings. The van der Waals surface area contributed by atoms with E-state index in [0.717, 1.165) is 19.2 Å². The molecule has 0 bridgehead atoms. The van der Waals surface area contributed by atoms with Gasteiger partial charge < -0.3 is 4.57 Å². The lowest BCUT2D eigenvalue weighted by molar-refractivity contribution is 0.889. The third kappa shape index (κ3) is 6.33. The molecule has 0 spiro atoms. The number of rotatable bonds is 11. The predicted octanol–water partition coefficient (Wildman–Crippen LogP) is 5.30. The number of nitrogens with zero attached hydrogens (tertiary/aromatic N) is 2. The van der Waals surface area contributed by atoms with E-state index in [1.807, 2.05) is 6.20 Å². The average molecular weight is 611 g/mol. The zero-order valence-electron chi connectivity index (χ0n) is 24.1. The first-order valence-electron chi connectivity index (χ1n) is 14.8. The standard InChI is InChI=1S/C37H35BN2S2Si/c41-26-29-12-10-20-34(24-29)43(33-18-8-3-9-19-33,35-21-11-13-30(25-35)27-42)28-40-23-22-39-37(40)38-36(31-14-4-1-5-15-31)32-16-6-2-7-17-32/h1-25,36,38,41-42H,26-28H2. The molecule has 0 saturated heterocycles.